The normalized spacial score (nSPS) is 21.4. The molecule has 1 saturated carbocycles. The third kappa shape index (κ3) is 5.36. The Bertz CT molecular complexity index is 464. The van der Waals surface area contributed by atoms with Crippen LogP contribution in [0.15, 0.2) is 24.3 Å². The summed E-state index contributed by atoms with van der Waals surface area (Å²) in [5, 5.41) is 12.3. The highest BCUT2D eigenvalue weighted by Gasteiger charge is 2.26. The maximum absolute atomic E-state index is 11.9. The zero-order valence-electron chi connectivity index (χ0n) is 12.7. The van der Waals surface area contributed by atoms with Gasteiger partial charge in [0, 0.05) is 18.9 Å². The van der Waals surface area contributed by atoms with Gasteiger partial charge in [0.25, 0.3) is 0 Å². The SMILES string of the molecule is Cc1cccc(CSCC(=O)NCC2CCCC2CO)c1. The number of aliphatic hydroxyl groups is 1. The minimum Gasteiger partial charge on any atom is -0.396 e. The van der Waals surface area contributed by atoms with Gasteiger partial charge in [0.15, 0.2) is 0 Å². The number of benzene rings is 1. The number of amides is 1. The molecule has 1 aliphatic rings. The van der Waals surface area contributed by atoms with E-state index in [-0.39, 0.29) is 12.5 Å². The van der Waals surface area contributed by atoms with Crippen LogP contribution in [0, 0.1) is 18.8 Å². The van der Waals surface area contributed by atoms with Crippen LogP contribution in [0.2, 0.25) is 0 Å². The van der Waals surface area contributed by atoms with Crippen molar-refractivity contribution >= 4 is 17.7 Å². The molecule has 1 aromatic carbocycles. The average Bonchev–Trinajstić information content (AvgIpc) is 2.92. The van der Waals surface area contributed by atoms with Crippen LogP contribution < -0.4 is 5.32 Å². The minimum absolute atomic E-state index is 0.108. The molecule has 0 saturated heterocycles. The standard InChI is InChI=1S/C17H25NO2S/c1-13-4-2-5-14(8-13)11-21-12-17(20)18-9-15-6-3-7-16(15)10-19/h2,4-5,8,15-16,19H,3,6-7,9-12H2,1H3,(H,18,20). The molecule has 1 amide bonds. The summed E-state index contributed by atoms with van der Waals surface area (Å²) in [5.41, 5.74) is 2.53. The van der Waals surface area contributed by atoms with Crippen molar-refractivity contribution in [3.8, 4) is 0 Å². The number of nitrogens with one attached hydrogen (secondary N) is 1. The van der Waals surface area contributed by atoms with Crippen molar-refractivity contribution in [3.05, 3.63) is 35.4 Å². The van der Waals surface area contributed by atoms with Crippen molar-refractivity contribution in [2.75, 3.05) is 18.9 Å². The Morgan fingerprint density at radius 2 is 2.19 bits per heavy atom. The van der Waals surface area contributed by atoms with Crippen LogP contribution in [0.1, 0.15) is 30.4 Å². The van der Waals surface area contributed by atoms with Crippen molar-refractivity contribution in [3.63, 3.8) is 0 Å². The Labute approximate surface area is 131 Å². The van der Waals surface area contributed by atoms with E-state index in [0.29, 0.717) is 17.6 Å². The topological polar surface area (TPSA) is 49.3 Å². The molecule has 2 unspecified atom stereocenters. The smallest absolute Gasteiger partial charge is 0.230 e. The highest BCUT2D eigenvalue weighted by atomic mass is 32.2. The van der Waals surface area contributed by atoms with Gasteiger partial charge in [-0.15, -0.1) is 11.8 Å². The highest BCUT2D eigenvalue weighted by Crippen LogP contribution is 2.30. The van der Waals surface area contributed by atoms with Crippen molar-refractivity contribution < 1.29 is 9.90 Å². The lowest BCUT2D eigenvalue weighted by Gasteiger charge is -2.17. The number of carbonyl (C=O) groups excluding carboxylic acids is 1. The second-order valence-electron chi connectivity index (χ2n) is 5.92. The van der Waals surface area contributed by atoms with E-state index in [1.165, 1.54) is 17.5 Å². The zero-order chi connectivity index (χ0) is 15.1. The molecule has 21 heavy (non-hydrogen) atoms. The van der Waals surface area contributed by atoms with Crippen molar-refractivity contribution in [1.29, 1.82) is 0 Å². The molecule has 3 nitrogen and oxygen atoms in total. The molecule has 0 aromatic heterocycles. The molecule has 1 aliphatic carbocycles. The van der Waals surface area contributed by atoms with E-state index in [1.54, 1.807) is 11.8 Å². The Kier molecular flexibility index (Phi) is 6.58. The molecular formula is C17H25NO2S. The largest absolute Gasteiger partial charge is 0.396 e. The Morgan fingerprint density at radius 3 is 2.95 bits per heavy atom. The van der Waals surface area contributed by atoms with Crippen molar-refractivity contribution in [1.82, 2.24) is 5.32 Å². The van der Waals surface area contributed by atoms with Gasteiger partial charge in [0.1, 0.15) is 0 Å². The Hall–Kier alpha value is -1.00. The molecule has 2 N–H and O–H groups in total. The molecule has 0 radical (unpaired) electrons. The quantitative estimate of drug-likeness (QED) is 0.814. The second kappa shape index (κ2) is 8.44. The van der Waals surface area contributed by atoms with Crippen LogP contribution in [0.25, 0.3) is 0 Å². The monoisotopic (exact) mass is 307 g/mol. The molecule has 1 fully saturated rings. The molecule has 0 spiro atoms. The molecule has 2 rings (SSSR count). The Balaban J connectivity index is 1.63. The molecular weight excluding hydrogens is 282 g/mol. The van der Waals surface area contributed by atoms with Crippen LogP contribution in [0.5, 0.6) is 0 Å². The van der Waals surface area contributed by atoms with Gasteiger partial charge in [-0.3, -0.25) is 4.79 Å². The van der Waals surface area contributed by atoms with E-state index in [2.05, 4.69) is 36.5 Å². The second-order valence-corrected chi connectivity index (χ2v) is 6.91. The summed E-state index contributed by atoms with van der Waals surface area (Å²) in [5.74, 6) is 2.32. The third-order valence-electron chi connectivity index (χ3n) is 4.20. The van der Waals surface area contributed by atoms with Crippen LogP contribution >= 0.6 is 11.8 Å². The molecule has 4 heteroatoms. The lowest BCUT2D eigenvalue weighted by atomic mass is 9.97. The van der Waals surface area contributed by atoms with Crippen molar-refractivity contribution in [2.24, 2.45) is 11.8 Å². The minimum atomic E-state index is 0.108. The molecule has 2 atom stereocenters. The zero-order valence-corrected chi connectivity index (χ0v) is 13.5. The fourth-order valence-corrected chi connectivity index (χ4v) is 3.79. The summed E-state index contributed by atoms with van der Waals surface area (Å²) < 4.78 is 0. The number of rotatable bonds is 7. The third-order valence-corrected chi connectivity index (χ3v) is 5.20. The number of hydrogen-bond donors (Lipinski definition) is 2. The summed E-state index contributed by atoms with van der Waals surface area (Å²) >= 11 is 1.65. The number of hydrogen-bond acceptors (Lipinski definition) is 3. The van der Waals surface area contributed by atoms with Crippen LogP contribution in [-0.2, 0) is 10.5 Å². The molecule has 1 aromatic rings. The summed E-state index contributed by atoms with van der Waals surface area (Å²) in [4.78, 5) is 11.9. The fraction of sp³-hybridized carbons (Fsp3) is 0.588. The van der Waals surface area contributed by atoms with E-state index in [0.717, 1.165) is 25.1 Å². The summed E-state index contributed by atoms with van der Waals surface area (Å²) in [6, 6.07) is 8.40. The number of carbonyl (C=O) groups is 1. The van der Waals surface area contributed by atoms with Gasteiger partial charge in [0.05, 0.1) is 5.75 Å². The fourth-order valence-electron chi connectivity index (χ4n) is 2.98. The van der Waals surface area contributed by atoms with Crippen LogP contribution in [0.4, 0.5) is 0 Å². The van der Waals surface area contributed by atoms with E-state index >= 15 is 0 Å². The predicted molar refractivity (Wildman–Crippen MR) is 88.3 cm³/mol. The first-order chi connectivity index (χ1) is 10.2. The van der Waals surface area contributed by atoms with Crippen LogP contribution in [-0.4, -0.2) is 29.9 Å². The van der Waals surface area contributed by atoms with Crippen molar-refractivity contribution in [2.45, 2.75) is 31.9 Å². The van der Waals surface area contributed by atoms with E-state index in [4.69, 9.17) is 0 Å². The molecule has 0 bridgehead atoms. The maximum atomic E-state index is 11.9. The average molecular weight is 307 g/mol. The van der Waals surface area contributed by atoms with Gasteiger partial charge in [-0.1, -0.05) is 36.2 Å². The van der Waals surface area contributed by atoms with E-state index in [1.807, 2.05) is 0 Å². The molecule has 116 valence electrons. The lowest BCUT2D eigenvalue weighted by Crippen LogP contribution is -2.32. The summed E-state index contributed by atoms with van der Waals surface area (Å²) in [6.07, 6.45) is 3.40. The van der Waals surface area contributed by atoms with Gasteiger partial charge in [-0.25, -0.2) is 0 Å². The predicted octanol–water partition coefficient (Wildman–Crippen LogP) is 2.75. The van der Waals surface area contributed by atoms with Gasteiger partial charge >= 0.3 is 0 Å². The van der Waals surface area contributed by atoms with Gasteiger partial charge in [0.2, 0.25) is 5.91 Å². The molecule has 0 aliphatic heterocycles. The van der Waals surface area contributed by atoms with E-state index < -0.39 is 0 Å². The first-order valence-corrected chi connectivity index (χ1v) is 8.85. The highest BCUT2D eigenvalue weighted by molar-refractivity contribution is 7.99. The Morgan fingerprint density at radius 1 is 1.38 bits per heavy atom. The number of aliphatic hydroxyl groups excluding tert-OH is 1. The summed E-state index contributed by atoms with van der Waals surface area (Å²) in [6.45, 7) is 3.05. The first kappa shape index (κ1) is 16.4. The maximum Gasteiger partial charge on any atom is 0.230 e. The van der Waals surface area contributed by atoms with E-state index in [9.17, 15) is 9.90 Å². The number of aryl methyl sites for hydroxylation is 1. The van der Waals surface area contributed by atoms with Gasteiger partial charge in [-0.05, 0) is 37.2 Å². The molecule has 0 heterocycles. The van der Waals surface area contributed by atoms with Gasteiger partial charge in [-0.2, -0.15) is 0 Å². The summed E-state index contributed by atoms with van der Waals surface area (Å²) in [7, 11) is 0. The number of thioether (sulfide) groups is 1. The first-order valence-electron chi connectivity index (χ1n) is 7.70. The lowest BCUT2D eigenvalue weighted by molar-refractivity contribution is -0.118. The van der Waals surface area contributed by atoms with Gasteiger partial charge < -0.3 is 10.4 Å². The van der Waals surface area contributed by atoms with Crippen LogP contribution in [0.3, 0.4) is 0 Å².